The van der Waals surface area contributed by atoms with E-state index >= 15 is 0 Å². The fourth-order valence-electron chi connectivity index (χ4n) is 0.998. The maximum Gasteiger partial charge on any atom is 0.223 e. The highest BCUT2D eigenvalue weighted by Crippen LogP contribution is 2.14. The SMILES string of the molecule is CC(C)(C)/N=C1\C=C(O)C(=O)C=C1O. The number of carbonyl (C=O) groups excluding carboxylic acids is 1. The summed E-state index contributed by atoms with van der Waals surface area (Å²) in [7, 11) is 0. The topological polar surface area (TPSA) is 69.9 Å². The Kier molecular flexibility index (Phi) is 2.47. The maximum absolute atomic E-state index is 10.9. The van der Waals surface area contributed by atoms with Crippen molar-refractivity contribution in [1.82, 2.24) is 0 Å². The second-order valence-electron chi connectivity index (χ2n) is 4.09. The number of aliphatic hydroxyl groups is 2. The molecule has 0 fully saturated rings. The Morgan fingerprint density at radius 3 is 2.21 bits per heavy atom. The zero-order valence-electron chi connectivity index (χ0n) is 8.40. The van der Waals surface area contributed by atoms with E-state index in [2.05, 4.69) is 4.99 Å². The second-order valence-corrected chi connectivity index (χ2v) is 4.09. The number of aliphatic imine (C=N–C) groups is 1. The van der Waals surface area contributed by atoms with Gasteiger partial charge in [0.2, 0.25) is 5.78 Å². The molecule has 14 heavy (non-hydrogen) atoms. The van der Waals surface area contributed by atoms with Crippen molar-refractivity contribution >= 4 is 11.5 Å². The first kappa shape index (κ1) is 10.5. The van der Waals surface area contributed by atoms with Gasteiger partial charge in [-0.1, -0.05) is 0 Å². The Hall–Kier alpha value is -1.58. The summed E-state index contributed by atoms with van der Waals surface area (Å²) in [5.74, 6) is -1.20. The molecule has 0 saturated heterocycles. The maximum atomic E-state index is 10.9. The van der Waals surface area contributed by atoms with Crippen LogP contribution in [0.25, 0.3) is 0 Å². The van der Waals surface area contributed by atoms with Gasteiger partial charge >= 0.3 is 0 Å². The number of carbonyl (C=O) groups is 1. The molecule has 0 radical (unpaired) electrons. The third-order valence-corrected chi connectivity index (χ3v) is 1.51. The molecular formula is C10H13NO3. The molecular weight excluding hydrogens is 182 g/mol. The van der Waals surface area contributed by atoms with Crippen molar-refractivity contribution in [2.75, 3.05) is 0 Å². The minimum absolute atomic E-state index is 0.206. The van der Waals surface area contributed by atoms with Gasteiger partial charge in [-0.2, -0.15) is 0 Å². The molecule has 0 bridgehead atoms. The average Bonchev–Trinajstić information content (AvgIpc) is 1.97. The Morgan fingerprint density at radius 2 is 1.71 bits per heavy atom. The van der Waals surface area contributed by atoms with Gasteiger partial charge < -0.3 is 10.2 Å². The van der Waals surface area contributed by atoms with E-state index in [1.54, 1.807) is 0 Å². The lowest BCUT2D eigenvalue weighted by Gasteiger charge is -2.15. The van der Waals surface area contributed by atoms with E-state index in [1.807, 2.05) is 20.8 Å². The van der Waals surface area contributed by atoms with E-state index in [1.165, 1.54) is 6.08 Å². The molecule has 0 saturated carbocycles. The van der Waals surface area contributed by atoms with E-state index < -0.39 is 11.5 Å². The van der Waals surface area contributed by atoms with Crippen molar-refractivity contribution in [3.63, 3.8) is 0 Å². The molecule has 0 aromatic carbocycles. The van der Waals surface area contributed by atoms with Crippen LogP contribution in [0.1, 0.15) is 20.8 Å². The van der Waals surface area contributed by atoms with E-state index in [9.17, 15) is 9.90 Å². The average molecular weight is 195 g/mol. The molecule has 0 amide bonds. The molecule has 0 aromatic rings. The summed E-state index contributed by atoms with van der Waals surface area (Å²) >= 11 is 0. The Bertz CT molecular complexity index is 356. The van der Waals surface area contributed by atoms with Crippen molar-refractivity contribution in [2.45, 2.75) is 26.3 Å². The van der Waals surface area contributed by atoms with Crippen molar-refractivity contribution < 1.29 is 15.0 Å². The van der Waals surface area contributed by atoms with Crippen molar-refractivity contribution in [2.24, 2.45) is 4.99 Å². The van der Waals surface area contributed by atoms with E-state index in [-0.39, 0.29) is 17.0 Å². The van der Waals surface area contributed by atoms with Crippen molar-refractivity contribution in [1.29, 1.82) is 0 Å². The highest BCUT2D eigenvalue weighted by Gasteiger charge is 2.19. The third-order valence-electron chi connectivity index (χ3n) is 1.51. The van der Waals surface area contributed by atoms with Gasteiger partial charge in [0.05, 0.1) is 5.54 Å². The molecule has 0 atom stereocenters. The highest BCUT2D eigenvalue weighted by atomic mass is 16.3. The first-order valence-electron chi connectivity index (χ1n) is 4.25. The number of hydrogen-bond donors (Lipinski definition) is 2. The highest BCUT2D eigenvalue weighted by molar-refractivity contribution is 6.19. The summed E-state index contributed by atoms with van der Waals surface area (Å²) in [4.78, 5) is 15.0. The van der Waals surface area contributed by atoms with Crippen LogP contribution in [-0.2, 0) is 4.79 Å². The zero-order valence-corrected chi connectivity index (χ0v) is 8.40. The van der Waals surface area contributed by atoms with Gasteiger partial charge in [-0.25, -0.2) is 0 Å². The number of aliphatic hydroxyl groups excluding tert-OH is 2. The van der Waals surface area contributed by atoms with Gasteiger partial charge in [-0.15, -0.1) is 0 Å². The van der Waals surface area contributed by atoms with Crippen molar-refractivity contribution in [3.05, 3.63) is 23.7 Å². The summed E-state index contributed by atoms with van der Waals surface area (Å²) in [6.07, 6.45) is 2.13. The zero-order chi connectivity index (χ0) is 10.9. The van der Waals surface area contributed by atoms with Crippen LogP contribution in [0.2, 0.25) is 0 Å². The lowest BCUT2D eigenvalue weighted by atomic mass is 10.1. The molecule has 1 rings (SSSR count). The van der Waals surface area contributed by atoms with E-state index in [0.717, 1.165) is 6.08 Å². The monoisotopic (exact) mass is 195 g/mol. The molecule has 0 aromatic heterocycles. The minimum atomic E-state index is -0.602. The molecule has 1 aliphatic rings. The molecule has 2 N–H and O–H groups in total. The second kappa shape index (κ2) is 3.29. The summed E-state index contributed by atoms with van der Waals surface area (Å²) in [6, 6.07) is 0. The normalized spacial score (nSPS) is 20.8. The van der Waals surface area contributed by atoms with Crippen LogP contribution in [0.4, 0.5) is 0 Å². The quantitative estimate of drug-likeness (QED) is 0.578. The van der Waals surface area contributed by atoms with E-state index in [4.69, 9.17) is 5.11 Å². The predicted octanol–water partition coefficient (Wildman–Crippen LogP) is 1.69. The van der Waals surface area contributed by atoms with Crippen LogP contribution in [-0.4, -0.2) is 27.2 Å². The molecule has 76 valence electrons. The van der Waals surface area contributed by atoms with Gasteiger partial charge in [0.15, 0.2) is 5.76 Å². The number of allylic oxidation sites excluding steroid dienone is 2. The van der Waals surface area contributed by atoms with Crippen LogP contribution >= 0.6 is 0 Å². The van der Waals surface area contributed by atoms with Crippen LogP contribution < -0.4 is 0 Å². The van der Waals surface area contributed by atoms with Crippen molar-refractivity contribution in [3.8, 4) is 0 Å². The summed E-state index contributed by atoms with van der Waals surface area (Å²) in [5, 5.41) is 18.5. The van der Waals surface area contributed by atoms with Gasteiger partial charge in [0.25, 0.3) is 0 Å². The predicted molar refractivity (Wildman–Crippen MR) is 53.6 cm³/mol. The molecule has 0 unspecified atom stereocenters. The molecule has 0 aliphatic heterocycles. The number of hydrogen-bond acceptors (Lipinski definition) is 4. The Balaban J connectivity index is 3.09. The first-order valence-corrected chi connectivity index (χ1v) is 4.25. The first-order chi connectivity index (χ1) is 6.29. The van der Waals surface area contributed by atoms with Gasteiger partial charge in [0, 0.05) is 12.2 Å². The number of rotatable bonds is 0. The molecule has 4 nitrogen and oxygen atoms in total. The Labute approximate surface area is 82.3 Å². The van der Waals surface area contributed by atoms with Crippen LogP contribution in [0.3, 0.4) is 0 Å². The summed E-state index contributed by atoms with van der Waals surface area (Å²) in [6.45, 7) is 5.57. The fraction of sp³-hybridized carbons (Fsp3) is 0.400. The molecule has 0 heterocycles. The van der Waals surface area contributed by atoms with Gasteiger partial charge in [0.1, 0.15) is 11.5 Å². The molecule has 0 spiro atoms. The van der Waals surface area contributed by atoms with Gasteiger partial charge in [-0.3, -0.25) is 9.79 Å². The van der Waals surface area contributed by atoms with Crippen LogP contribution in [0.15, 0.2) is 28.7 Å². The summed E-state index contributed by atoms with van der Waals surface area (Å²) in [5.41, 5.74) is -0.136. The number of ketones is 1. The minimum Gasteiger partial charge on any atom is -0.506 e. The molecule has 1 aliphatic carbocycles. The lowest BCUT2D eigenvalue weighted by molar-refractivity contribution is -0.113. The van der Waals surface area contributed by atoms with Crippen LogP contribution in [0, 0.1) is 0 Å². The number of nitrogens with zero attached hydrogens (tertiary/aromatic N) is 1. The van der Waals surface area contributed by atoms with Crippen LogP contribution in [0.5, 0.6) is 0 Å². The standard InChI is InChI=1S/C10H13NO3/c1-10(2,3)11-6-4-8(13)9(14)5-7(6)12/h4-5,12-13H,1-3H3/b11-6+. The largest absolute Gasteiger partial charge is 0.506 e. The van der Waals surface area contributed by atoms with Gasteiger partial charge in [-0.05, 0) is 20.8 Å². The Morgan fingerprint density at radius 1 is 1.14 bits per heavy atom. The smallest absolute Gasteiger partial charge is 0.223 e. The third kappa shape index (κ3) is 2.45. The molecule has 4 heteroatoms. The lowest BCUT2D eigenvalue weighted by Crippen LogP contribution is -2.18. The fourth-order valence-corrected chi connectivity index (χ4v) is 0.998. The van der Waals surface area contributed by atoms with E-state index in [0.29, 0.717) is 0 Å². The summed E-state index contributed by atoms with van der Waals surface area (Å²) < 4.78 is 0.